The van der Waals surface area contributed by atoms with Crippen molar-refractivity contribution in [3.05, 3.63) is 58.7 Å². The molecule has 0 bridgehead atoms. The molecule has 2 N–H and O–H groups in total. The molecule has 2 aliphatic rings. The number of carbonyl (C=O) groups excluding carboxylic acids is 1. The standard InChI is InChI=1S/C24H30FN3O2/c1-3-28(4-2)23(30)21-12-22(29)20(15-27-21)19-14-24(7-9-26-10-8-24)13-16-5-6-17(25)11-18(16)19/h5-6,11-12,15,19,26H,3-4,7-10,13-14H2,1-2H3,(H,27,29). The van der Waals surface area contributed by atoms with Gasteiger partial charge in [-0.3, -0.25) is 9.78 Å². The average Bonchev–Trinajstić information content (AvgIpc) is 2.75. The van der Waals surface area contributed by atoms with E-state index in [9.17, 15) is 14.3 Å². The van der Waals surface area contributed by atoms with Crippen LogP contribution in [-0.2, 0) is 6.42 Å². The van der Waals surface area contributed by atoms with E-state index in [1.165, 1.54) is 12.1 Å². The lowest BCUT2D eigenvalue weighted by molar-refractivity contribution is 0.0766. The molecule has 1 aromatic carbocycles. The molecule has 5 nitrogen and oxygen atoms in total. The van der Waals surface area contributed by atoms with E-state index in [1.807, 2.05) is 19.9 Å². The first-order valence-corrected chi connectivity index (χ1v) is 10.9. The van der Waals surface area contributed by atoms with E-state index in [2.05, 4.69) is 10.3 Å². The zero-order valence-corrected chi connectivity index (χ0v) is 17.7. The highest BCUT2D eigenvalue weighted by molar-refractivity contribution is 5.92. The Bertz CT molecular complexity index is 936. The Kier molecular flexibility index (Phi) is 5.78. The van der Waals surface area contributed by atoms with Gasteiger partial charge in [0, 0.05) is 36.8 Å². The maximum atomic E-state index is 14.1. The largest absolute Gasteiger partial charge is 0.508 e. The number of nitrogens with zero attached hydrogens (tertiary/aromatic N) is 2. The molecule has 1 fully saturated rings. The third-order valence-corrected chi connectivity index (χ3v) is 6.91. The van der Waals surface area contributed by atoms with E-state index in [-0.39, 0.29) is 34.5 Å². The fourth-order valence-electron chi connectivity index (χ4n) is 5.20. The first-order chi connectivity index (χ1) is 14.5. The Morgan fingerprint density at radius 3 is 2.63 bits per heavy atom. The highest BCUT2D eigenvalue weighted by Gasteiger charge is 2.41. The van der Waals surface area contributed by atoms with Crippen molar-refractivity contribution in [2.75, 3.05) is 26.2 Å². The van der Waals surface area contributed by atoms with E-state index in [4.69, 9.17) is 0 Å². The third-order valence-electron chi connectivity index (χ3n) is 6.91. The lowest BCUT2D eigenvalue weighted by atomic mass is 9.62. The minimum atomic E-state index is -0.263. The number of aromatic nitrogens is 1. The number of fused-ring (bicyclic) bond motifs is 1. The molecule has 2 aromatic rings. The molecule has 1 saturated heterocycles. The van der Waals surface area contributed by atoms with Crippen LogP contribution in [0.1, 0.15) is 66.2 Å². The zero-order chi connectivity index (χ0) is 21.3. The number of rotatable bonds is 4. The summed E-state index contributed by atoms with van der Waals surface area (Å²) in [5, 5.41) is 14.3. The molecule has 1 aromatic heterocycles. The lowest BCUT2D eigenvalue weighted by Gasteiger charge is -2.45. The number of benzene rings is 1. The predicted octanol–water partition coefficient (Wildman–Crippen LogP) is 3.86. The van der Waals surface area contributed by atoms with Crippen molar-refractivity contribution in [3.8, 4) is 5.75 Å². The molecular weight excluding hydrogens is 381 g/mol. The van der Waals surface area contributed by atoms with E-state index < -0.39 is 0 Å². The molecule has 1 atom stereocenters. The quantitative estimate of drug-likeness (QED) is 0.802. The van der Waals surface area contributed by atoms with Gasteiger partial charge >= 0.3 is 0 Å². The van der Waals surface area contributed by atoms with Crippen LogP contribution in [-0.4, -0.2) is 47.1 Å². The summed E-state index contributed by atoms with van der Waals surface area (Å²) in [6.07, 6.45) is 5.53. The van der Waals surface area contributed by atoms with Crippen molar-refractivity contribution in [1.82, 2.24) is 15.2 Å². The normalized spacial score (nSPS) is 20.0. The molecule has 160 valence electrons. The summed E-state index contributed by atoms with van der Waals surface area (Å²) in [5.74, 6) is -0.521. The van der Waals surface area contributed by atoms with Crippen molar-refractivity contribution in [2.24, 2.45) is 5.41 Å². The van der Waals surface area contributed by atoms with Gasteiger partial charge in [-0.25, -0.2) is 4.39 Å². The Morgan fingerprint density at radius 2 is 1.97 bits per heavy atom. The molecule has 1 aliphatic carbocycles. The van der Waals surface area contributed by atoms with Crippen LogP contribution in [0.5, 0.6) is 5.75 Å². The van der Waals surface area contributed by atoms with Crippen molar-refractivity contribution in [2.45, 2.75) is 45.4 Å². The summed E-state index contributed by atoms with van der Waals surface area (Å²) in [6, 6.07) is 6.49. The molecule has 6 heteroatoms. The average molecular weight is 412 g/mol. The summed E-state index contributed by atoms with van der Waals surface area (Å²) in [4.78, 5) is 18.7. The zero-order valence-electron chi connectivity index (χ0n) is 17.7. The van der Waals surface area contributed by atoms with Gasteiger partial charge in [-0.15, -0.1) is 0 Å². The number of pyridine rings is 1. The van der Waals surface area contributed by atoms with Crippen molar-refractivity contribution >= 4 is 5.91 Å². The lowest BCUT2D eigenvalue weighted by Crippen LogP contribution is -2.41. The van der Waals surface area contributed by atoms with Crippen LogP contribution in [0.25, 0.3) is 0 Å². The van der Waals surface area contributed by atoms with Crippen molar-refractivity contribution in [3.63, 3.8) is 0 Å². The maximum Gasteiger partial charge on any atom is 0.272 e. The molecule has 0 saturated carbocycles. The van der Waals surface area contributed by atoms with Gasteiger partial charge in [-0.1, -0.05) is 6.07 Å². The molecule has 1 aliphatic heterocycles. The highest BCUT2D eigenvalue weighted by atomic mass is 19.1. The summed E-state index contributed by atoms with van der Waals surface area (Å²) >= 11 is 0. The first-order valence-electron chi connectivity index (χ1n) is 10.9. The van der Waals surface area contributed by atoms with Crippen LogP contribution in [0, 0.1) is 11.2 Å². The second kappa shape index (κ2) is 8.34. The van der Waals surface area contributed by atoms with Crippen LogP contribution in [0.15, 0.2) is 30.5 Å². The molecule has 1 amide bonds. The number of amides is 1. The number of aromatic hydroxyl groups is 1. The Labute approximate surface area is 177 Å². The van der Waals surface area contributed by atoms with Gasteiger partial charge in [0.2, 0.25) is 0 Å². The second-order valence-corrected chi connectivity index (χ2v) is 8.63. The smallest absolute Gasteiger partial charge is 0.272 e. The first kappa shape index (κ1) is 20.8. The molecule has 0 radical (unpaired) electrons. The molecular formula is C24H30FN3O2. The fourth-order valence-corrected chi connectivity index (χ4v) is 5.20. The van der Waals surface area contributed by atoms with Gasteiger partial charge < -0.3 is 15.3 Å². The maximum absolute atomic E-state index is 14.1. The molecule has 1 spiro atoms. The fraction of sp³-hybridized carbons (Fsp3) is 0.500. The van der Waals surface area contributed by atoms with E-state index in [1.54, 1.807) is 17.2 Å². The number of hydrogen-bond donors (Lipinski definition) is 2. The summed E-state index contributed by atoms with van der Waals surface area (Å²) < 4.78 is 14.1. The Hall–Kier alpha value is -2.47. The van der Waals surface area contributed by atoms with Crippen LogP contribution in [0.3, 0.4) is 0 Å². The summed E-state index contributed by atoms with van der Waals surface area (Å²) in [6.45, 7) is 6.97. The van der Waals surface area contributed by atoms with Gasteiger partial charge in [-0.2, -0.15) is 0 Å². The number of halogens is 1. The Balaban J connectivity index is 1.73. The molecule has 4 rings (SSSR count). The van der Waals surface area contributed by atoms with Gasteiger partial charge in [-0.05, 0) is 81.3 Å². The van der Waals surface area contributed by atoms with Crippen LogP contribution in [0.2, 0.25) is 0 Å². The van der Waals surface area contributed by atoms with E-state index >= 15 is 0 Å². The van der Waals surface area contributed by atoms with Gasteiger partial charge in [0.05, 0.1) is 0 Å². The van der Waals surface area contributed by atoms with E-state index in [0.29, 0.717) is 18.7 Å². The van der Waals surface area contributed by atoms with Crippen LogP contribution < -0.4 is 5.32 Å². The minimum absolute atomic E-state index is 0.0618. The molecule has 2 heterocycles. The predicted molar refractivity (Wildman–Crippen MR) is 114 cm³/mol. The van der Waals surface area contributed by atoms with Crippen LogP contribution >= 0.6 is 0 Å². The monoisotopic (exact) mass is 411 g/mol. The molecule has 1 unspecified atom stereocenters. The Morgan fingerprint density at radius 1 is 1.23 bits per heavy atom. The molecule has 30 heavy (non-hydrogen) atoms. The highest BCUT2D eigenvalue weighted by Crippen LogP contribution is 2.51. The van der Waals surface area contributed by atoms with Gasteiger partial charge in [0.15, 0.2) is 0 Å². The number of hydrogen-bond acceptors (Lipinski definition) is 4. The number of piperidine rings is 1. The minimum Gasteiger partial charge on any atom is -0.508 e. The van der Waals surface area contributed by atoms with E-state index in [0.717, 1.165) is 49.9 Å². The summed E-state index contributed by atoms with van der Waals surface area (Å²) in [7, 11) is 0. The SMILES string of the molecule is CCN(CC)C(=O)c1cc(O)c(C2CC3(CCNCC3)Cc3ccc(F)cc32)cn1. The van der Waals surface area contributed by atoms with Gasteiger partial charge in [0.25, 0.3) is 5.91 Å². The van der Waals surface area contributed by atoms with Crippen molar-refractivity contribution < 1.29 is 14.3 Å². The van der Waals surface area contributed by atoms with Crippen LogP contribution in [0.4, 0.5) is 4.39 Å². The van der Waals surface area contributed by atoms with Crippen molar-refractivity contribution in [1.29, 1.82) is 0 Å². The topological polar surface area (TPSA) is 65.5 Å². The number of nitrogens with one attached hydrogen (secondary N) is 1. The number of carbonyl (C=O) groups is 1. The summed E-state index contributed by atoms with van der Waals surface area (Å²) in [5.41, 5.74) is 3.14. The van der Waals surface area contributed by atoms with Gasteiger partial charge in [0.1, 0.15) is 17.3 Å². The third kappa shape index (κ3) is 3.81. The second-order valence-electron chi connectivity index (χ2n) is 8.63.